The van der Waals surface area contributed by atoms with Crippen molar-refractivity contribution in [1.29, 1.82) is 0 Å². The maximum absolute atomic E-state index is 3.97. The monoisotopic (exact) mass is 137 g/mol. The van der Waals surface area contributed by atoms with Gasteiger partial charge in [-0.1, -0.05) is 0 Å². The van der Waals surface area contributed by atoms with Gasteiger partial charge >= 0.3 is 0 Å². The van der Waals surface area contributed by atoms with Gasteiger partial charge in [-0.15, -0.1) is 0 Å². The normalized spacial score (nSPS) is 24.3. The van der Waals surface area contributed by atoms with Gasteiger partial charge in [0, 0.05) is 12.6 Å². The van der Waals surface area contributed by atoms with E-state index in [1.165, 1.54) is 11.3 Å². The number of fused-ring (bicyclic) bond motifs is 1. The summed E-state index contributed by atoms with van der Waals surface area (Å²) in [6.07, 6.45) is 3.03. The molecule has 0 fully saturated rings. The number of hydrogen-bond acceptors (Lipinski definition) is 2. The third-order valence-electron chi connectivity index (χ3n) is 1.96. The molecule has 1 atom stereocenters. The zero-order chi connectivity index (χ0) is 6.97. The summed E-state index contributed by atoms with van der Waals surface area (Å²) in [6.45, 7) is 3.13. The van der Waals surface area contributed by atoms with Crippen LogP contribution in [0, 0.1) is 0 Å². The second-order valence-corrected chi connectivity index (χ2v) is 2.86. The van der Waals surface area contributed by atoms with E-state index in [0.29, 0.717) is 6.04 Å². The molecule has 0 spiro atoms. The zero-order valence-corrected chi connectivity index (χ0v) is 6.02. The number of nitrogens with one attached hydrogen (secondary N) is 2. The maximum Gasteiger partial charge on any atom is 0.0523 e. The zero-order valence-electron chi connectivity index (χ0n) is 6.02. The minimum absolute atomic E-state index is 0.602. The van der Waals surface area contributed by atoms with Crippen LogP contribution in [0.15, 0.2) is 6.20 Å². The Balaban J connectivity index is 2.30. The molecule has 0 bridgehead atoms. The molecule has 3 heteroatoms. The molecule has 1 aromatic heterocycles. The molecule has 0 aromatic carbocycles. The van der Waals surface area contributed by atoms with E-state index in [9.17, 15) is 0 Å². The van der Waals surface area contributed by atoms with Gasteiger partial charge in [-0.2, -0.15) is 5.10 Å². The second kappa shape index (κ2) is 2.09. The fourth-order valence-corrected chi connectivity index (χ4v) is 1.35. The summed E-state index contributed by atoms with van der Waals surface area (Å²) in [5.74, 6) is 0. The van der Waals surface area contributed by atoms with Gasteiger partial charge in [-0.05, 0) is 18.9 Å². The first-order chi connectivity index (χ1) is 4.86. The van der Waals surface area contributed by atoms with Crippen molar-refractivity contribution in [1.82, 2.24) is 15.5 Å². The van der Waals surface area contributed by atoms with E-state index in [1.54, 1.807) is 0 Å². The van der Waals surface area contributed by atoms with Crippen LogP contribution in [0.1, 0.15) is 18.2 Å². The fraction of sp³-hybridized carbons (Fsp3) is 0.571. The lowest BCUT2D eigenvalue weighted by Gasteiger charge is -2.18. The van der Waals surface area contributed by atoms with Crippen molar-refractivity contribution in [2.45, 2.75) is 25.9 Å². The number of aromatic nitrogens is 2. The van der Waals surface area contributed by atoms with Crippen molar-refractivity contribution in [2.75, 3.05) is 0 Å². The summed E-state index contributed by atoms with van der Waals surface area (Å²) in [6, 6.07) is 0.602. The molecule has 0 saturated carbocycles. The van der Waals surface area contributed by atoms with Crippen LogP contribution in [0.3, 0.4) is 0 Å². The van der Waals surface area contributed by atoms with E-state index in [-0.39, 0.29) is 0 Å². The van der Waals surface area contributed by atoms with Crippen LogP contribution < -0.4 is 5.32 Å². The van der Waals surface area contributed by atoms with Crippen LogP contribution in [0.5, 0.6) is 0 Å². The third kappa shape index (κ3) is 0.827. The SMILES string of the molecule is C[C@@H]1Cc2cn[nH]c2CN1. The Bertz CT molecular complexity index is 229. The van der Waals surface area contributed by atoms with Gasteiger partial charge in [0.1, 0.15) is 0 Å². The molecule has 0 radical (unpaired) electrons. The van der Waals surface area contributed by atoms with Crippen LogP contribution in [0.4, 0.5) is 0 Å². The van der Waals surface area contributed by atoms with E-state index < -0.39 is 0 Å². The lowest BCUT2D eigenvalue weighted by molar-refractivity contribution is 0.508. The van der Waals surface area contributed by atoms with Crippen LogP contribution in [-0.2, 0) is 13.0 Å². The first-order valence-corrected chi connectivity index (χ1v) is 3.61. The molecule has 1 aliphatic heterocycles. The van der Waals surface area contributed by atoms with E-state index in [1.807, 2.05) is 6.20 Å². The van der Waals surface area contributed by atoms with Crippen molar-refractivity contribution in [3.05, 3.63) is 17.5 Å². The van der Waals surface area contributed by atoms with Gasteiger partial charge in [0.2, 0.25) is 0 Å². The molecule has 0 amide bonds. The van der Waals surface area contributed by atoms with Crippen molar-refractivity contribution in [3.63, 3.8) is 0 Å². The van der Waals surface area contributed by atoms with Crippen LogP contribution in [-0.4, -0.2) is 16.2 Å². The summed E-state index contributed by atoms with van der Waals surface area (Å²) in [5.41, 5.74) is 2.62. The van der Waals surface area contributed by atoms with Gasteiger partial charge < -0.3 is 5.32 Å². The molecular weight excluding hydrogens is 126 g/mol. The first-order valence-electron chi connectivity index (χ1n) is 3.61. The summed E-state index contributed by atoms with van der Waals surface area (Å²) >= 11 is 0. The number of nitrogens with zero attached hydrogens (tertiary/aromatic N) is 1. The fourth-order valence-electron chi connectivity index (χ4n) is 1.35. The standard InChI is InChI=1S/C7H11N3/c1-5-2-6-3-9-10-7(6)4-8-5/h3,5,8H,2,4H2,1H3,(H,9,10)/t5-/m1/s1. The number of hydrogen-bond donors (Lipinski definition) is 2. The van der Waals surface area contributed by atoms with Gasteiger partial charge in [0.15, 0.2) is 0 Å². The van der Waals surface area contributed by atoms with Crippen LogP contribution in [0.25, 0.3) is 0 Å². The molecule has 54 valence electrons. The van der Waals surface area contributed by atoms with Gasteiger partial charge in [-0.25, -0.2) is 0 Å². The summed E-state index contributed by atoms with van der Waals surface area (Å²) in [7, 11) is 0. The van der Waals surface area contributed by atoms with Crippen LogP contribution >= 0.6 is 0 Å². The Labute approximate surface area is 59.8 Å². The van der Waals surface area contributed by atoms with E-state index in [0.717, 1.165) is 13.0 Å². The van der Waals surface area contributed by atoms with E-state index in [4.69, 9.17) is 0 Å². The lowest BCUT2D eigenvalue weighted by Crippen LogP contribution is -2.32. The molecule has 3 nitrogen and oxygen atoms in total. The number of aromatic amines is 1. The average molecular weight is 137 g/mol. The summed E-state index contributed by atoms with van der Waals surface area (Å²) < 4.78 is 0. The van der Waals surface area contributed by atoms with Crippen molar-refractivity contribution in [2.24, 2.45) is 0 Å². The summed E-state index contributed by atoms with van der Waals surface area (Å²) in [5, 5.41) is 10.3. The number of H-pyrrole nitrogens is 1. The highest BCUT2D eigenvalue weighted by Gasteiger charge is 2.14. The minimum atomic E-state index is 0.602. The van der Waals surface area contributed by atoms with Crippen molar-refractivity contribution < 1.29 is 0 Å². The Kier molecular flexibility index (Phi) is 1.24. The highest BCUT2D eigenvalue weighted by atomic mass is 15.1. The molecule has 10 heavy (non-hydrogen) atoms. The molecule has 0 aliphatic carbocycles. The predicted octanol–water partition coefficient (Wildman–Crippen LogP) is 0.444. The molecule has 0 unspecified atom stereocenters. The maximum atomic E-state index is 3.97. The van der Waals surface area contributed by atoms with Crippen LogP contribution in [0.2, 0.25) is 0 Å². The van der Waals surface area contributed by atoms with Crippen molar-refractivity contribution in [3.8, 4) is 0 Å². The van der Waals surface area contributed by atoms with Gasteiger partial charge in [0.25, 0.3) is 0 Å². The largest absolute Gasteiger partial charge is 0.308 e. The molecule has 0 saturated heterocycles. The smallest absolute Gasteiger partial charge is 0.0523 e. The molecule has 2 heterocycles. The van der Waals surface area contributed by atoms with Gasteiger partial charge in [-0.3, -0.25) is 5.10 Å². The van der Waals surface area contributed by atoms with E-state index >= 15 is 0 Å². The predicted molar refractivity (Wildman–Crippen MR) is 38.6 cm³/mol. The number of rotatable bonds is 0. The average Bonchev–Trinajstić information content (AvgIpc) is 2.33. The lowest BCUT2D eigenvalue weighted by atomic mass is 10.0. The second-order valence-electron chi connectivity index (χ2n) is 2.86. The topological polar surface area (TPSA) is 40.7 Å². The minimum Gasteiger partial charge on any atom is -0.308 e. The van der Waals surface area contributed by atoms with Gasteiger partial charge in [0.05, 0.1) is 11.9 Å². The quantitative estimate of drug-likeness (QED) is 0.545. The molecule has 1 aromatic rings. The first kappa shape index (κ1) is 5.92. The highest BCUT2D eigenvalue weighted by molar-refractivity contribution is 5.19. The Hall–Kier alpha value is -0.830. The van der Waals surface area contributed by atoms with E-state index in [2.05, 4.69) is 22.4 Å². The Morgan fingerprint density at radius 1 is 1.70 bits per heavy atom. The summed E-state index contributed by atoms with van der Waals surface area (Å²) in [4.78, 5) is 0. The molecule has 2 N–H and O–H groups in total. The third-order valence-corrected chi connectivity index (χ3v) is 1.96. The van der Waals surface area contributed by atoms with Crippen molar-refractivity contribution >= 4 is 0 Å². The Morgan fingerprint density at radius 3 is 3.50 bits per heavy atom. The Morgan fingerprint density at radius 2 is 2.60 bits per heavy atom. The molecule has 2 rings (SSSR count). The molecular formula is C7H11N3. The molecule has 1 aliphatic rings. The highest BCUT2D eigenvalue weighted by Crippen LogP contribution is 2.12.